The monoisotopic (exact) mass is 1050 g/mol. The second kappa shape index (κ2) is 32.0. The maximum absolute atomic E-state index is 11.3. The summed E-state index contributed by atoms with van der Waals surface area (Å²) >= 11 is 0. The van der Waals surface area contributed by atoms with E-state index in [2.05, 4.69) is 0 Å². The van der Waals surface area contributed by atoms with Gasteiger partial charge in [-0.2, -0.15) is 0 Å². The third-order valence-electron chi connectivity index (χ3n) is 8.86. The van der Waals surface area contributed by atoms with Crippen molar-refractivity contribution >= 4 is 71.6 Å². The molecule has 10 N–H and O–H groups in total. The number of hydrogen-bond acceptors (Lipinski definition) is 14. The van der Waals surface area contributed by atoms with E-state index in [0.717, 1.165) is 0 Å². The SMILES string of the molecule is CCOC(=O)c1ccccc1C(=O)O.CCOC(=O)c1ccccc1C(=O)O.O=C(O)c1ccccc1C(=O)O.O=C(O)c1ccccc1C(=O)O.O=C(O)c1ccccc1C(=O)O.O=C(O)c1ccccc1C(=O)O. The predicted molar refractivity (Wildman–Crippen MR) is 260 cm³/mol. The first-order valence-corrected chi connectivity index (χ1v) is 21.0. The molecule has 0 atom stereocenters. The van der Waals surface area contributed by atoms with Gasteiger partial charge in [0.05, 0.1) is 80.0 Å². The van der Waals surface area contributed by atoms with Gasteiger partial charge >= 0.3 is 71.6 Å². The average molecular weight is 1050 g/mol. The summed E-state index contributed by atoms with van der Waals surface area (Å²) in [5.41, 5.74) is -1.42. The van der Waals surface area contributed by atoms with Crippen LogP contribution in [0.2, 0.25) is 0 Å². The van der Waals surface area contributed by atoms with Gasteiger partial charge < -0.3 is 60.5 Å². The maximum atomic E-state index is 11.3. The lowest BCUT2D eigenvalue weighted by Gasteiger charge is -2.04. The highest BCUT2D eigenvalue weighted by Crippen LogP contribution is 2.13. The zero-order chi connectivity index (χ0) is 57.7. The van der Waals surface area contributed by atoms with Gasteiger partial charge in [-0.25, -0.2) is 57.5 Å². The van der Waals surface area contributed by atoms with E-state index in [-0.39, 0.29) is 80.0 Å². The van der Waals surface area contributed by atoms with Crippen molar-refractivity contribution < 1.29 is 118 Å². The smallest absolute Gasteiger partial charge is 0.338 e. The Morgan fingerprint density at radius 1 is 0.237 bits per heavy atom. The molecule has 0 amide bonds. The zero-order valence-corrected chi connectivity index (χ0v) is 39.5. The third kappa shape index (κ3) is 20.4. The molecule has 0 bridgehead atoms. The van der Waals surface area contributed by atoms with Crippen LogP contribution >= 0.6 is 0 Å². The number of carboxylic acids is 10. The van der Waals surface area contributed by atoms with E-state index in [9.17, 15) is 57.5 Å². The first kappa shape index (κ1) is 63.0. The summed E-state index contributed by atoms with van der Waals surface area (Å²) in [6.07, 6.45) is 0. The molecule has 0 radical (unpaired) electrons. The second-order valence-electron chi connectivity index (χ2n) is 13.8. The summed E-state index contributed by atoms with van der Waals surface area (Å²) < 4.78 is 9.43. The number of esters is 2. The summed E-state index contributed by atoms with van der Waals surface area (Å²) in [6.45, 7) is 3.79. The number of aromatic carboxylic acids is 10. The molecule has 6 aromatic rings. The molecule has 76 heavy (non-hydrogen) atoms. The number of benzene rings is 6. The molecule has 0 aliphatic heterocycles. The molecule has 0 aromatic heterocycles. The summed E-state index contributed by atoms with van der Waals surface area (Å²) in [6, 6.07) is 33.8. The van der Waals surface area contributed by atoms with Crippen molar-refractivity contribution in [3.8, 4) is 0 Å². The minimum absolute atomic E-state index is 0.0362. The van der Waals surface area contributed by atoms with E-state index in [1.807, 2.05) is 0 Å². The fraction of sp³-hybridized carbons (Fsp3) is 0.0769. The summed E-state index contributed by atoms with van der Waals surface area (Å²) in [5, 5.41) is 86.0. The number of carbonyl (C=O) groups is 12. The van der Waals surface area contributed by atoms with Crippen LogP contribution in [-0.2, 0) is 9.47 Å². The number of carbonyl (C=O) groups excluding carboxylic acids is 2. The van der Waals surface area contributed by atoms with Gasteiger partial charge in [0.15, 0.2) is 0 Å². The molecular weight excluding hydrogens is 1010 g/mol. The Balaban J connectivity index is 0.000000457. The Hall–Kier alpha value is -11.0. The van der Waals surface area contributed by atoms with Crippen LogP contribution in [0.15, 0.2) is 146 Å². The highest BCUT2D eigenvalue weighted by molar-refractivity contribution is 6.05. The molecule has 6 aromatic carbocycles. The summed E-state index contributed by atoms with van der Waals surface area (Å²) in [4.78, 5) is 128. The fourth-order valence-electron chi connectivity index (χ4n) is 5.54. The maximum Gasteiger partial charge on any atom is 0.338 e. The largest absolute Gasteiger partial charge is 0.478 e. The zero-order valence-electron chi connectivity index (χ0n) is 39.5. The van der Waals surface area contributed by atoms with Gasteiger partial charge in [0.1, 0.15) is 0 Å². The van der Waals surface area contributed by atoms with E-state index in [1.165, 1.54) is 121 Å². The Morgan fingerprint density at radius 3 is 0.447 bits per heavy atom. The highest BCUT2D eigenvalue weighted by atomic mass is 16.5. The molecule has 24 nitrogen and oxygen atoms in total. The van der Waals surface area contributed by atoms with Crippen LogP contribution < -0.4 is 0 Å². The van der Waals surface area contributed by atoms with E-state index in [0.29, 0.717) is 0 Å². The molecule has 0 saturated carbocycles. The molecule has 0 unspecified atom stereocenters. The highest BCUT2D eigenvalue weighted by Gasteiger charge is 2.19. The number of carboxylic acid groups (broad SMARTS) is 10. The van der Waals surface area contributed by atoms with Crippen molar-refractivity contribution in [2.45, 2.75) is 13.8 Å². The van der Waals surface area contributed by atoms with Gasteiger partial charge in [-0.05, 0) is 86.6 Å². The van der Waals surface area contributed by atoms with Crippen molar-refractivity contribution in [3.05, 3.63) is 212 Å². The average Bonchev–Trinajstić information content (AvgIpc) is 3.39. The van der Waals surface area contributed by atoms with Crippen LogP contribution in [0.1, 0.15) is 138 Å². The summed E-state index contributed by atoms with van der Waals surface area (Å²) in [5.74, 6) is -13.3. The number of hydrogen-bond donors (Lipinski definition) is 10. The fourth-order valence-corrected chi connectivity index (χ4v) is 5.54. The first-order valence-electron chi connectivity index (χ1n) is 21.0. The minimum atomic E-state index is -1.23. The van der Waals surface area contributed by atoms with Crippen molar-refractivity contribution in [1.82, 2.24) is 0 Å². The molecule has 0 spiro atoms. The Bertz CT molecular complexity index is 2630. The van der Waals surface area contributed by atoms with Crippen molar-refractivity contribution in [2.75, 3.05) is 13.2 Å². The molecule has 0 heterocycles. The van der Waals surface area contributed by atoms with Gasteiger partial charge in [0, 0.05) is 0 Å². The topological polar surface area (TPSA) is 426 Å². The van der Waals surface area contributed by atoms with Crippen molar-refractivity contribution in [1.29, 1.82) is 0 Å². The van der Waals surface area contributed by atoms with E-state index in [1.54, 1.807) is 38.1 Å². The third-order valence-corrected chi connectivity index (χ3v) is 8.86. The molecule has 0 fully saturated rings. The lowest BCUT2D eigenvalue weighted by atomic mass is 10.1. The van der Waals surface area contributed by atoms with Crippen LogP contribution in [0.4, 0.5) is 0 Å². The van der Waals surface area contributed by atoms with Crippen LogP contribution in [0.5, 0.6) is 0 Å². The van der Waals surface area contributed by atoms with Crippen LogP contribution in [0, 0.1) is 0 Å². The molecule has 0 aliphatic carbocycles. The minimum Gasteiger partial charge on any atom is -0.478 e. The molecule has 24 heteroatoms. The van der Waals surface area contributed by atoms with Crippen molar-refractivity contribution in [2.24, 2.45) is 0 Å². The molecule has 6 rings (SSSR count). The van der Waals surface area contributed by atoms with E-state index in [4.69, 9.17) is 60.5 Å². The first-order chi connectivity index (χ1) is 35.8. The predicted octanol–water partition coefficient (Wildman–Crippen LogP) is 7.46. The van der Waals surface area contributed by atoms with Crippen LogP contribution in [-0.4, -0.2) is 136 Å². The quantitative estimate of drug-likeness (QED) is 0.0473. The Labute approximate surface area is 428 Å². The van der Waals surface area contributed by atoms with Gasteiger partial charge in [-0.15, -0.1) is 0 Å². The number of ether oxygens (including phenoxy) is 2. The summed E-state index contributed by atoms with van der Waals surface area (Å²) in [7, 11) is 0. The normalized spacial score (nSPS) is 9.39. The molecule has 396 valence electrons. The molecule has 0 saturated heterocycles. The van der Waals surface area contributed by atoms with E-state index >= 15 is 0 Å². The lowest BCUT2D eigenvalue weighted by Crippen LogP contribution is -2.11. The van der Waals surface area contributed by atoms with Gasteiger partial charge in [-0.3, -0.25) is 0 Å². The van der Waals surface area contributed by atoms with Crippen LogP contribution in [0.3, 0.4) is 0 Å². The molecular formula is C52H44O24. The Morgan fingerprint density at radius 2 is 0.342 bits per heavy atom. The van der Waals surface area contributed by atoms with Crippen LogP contribution in [0.25, 0.3) is 0 Å². The van der Waals surface area contributed by atoms with E-state index < -0.39 is 71.6 Å². The number of rotatable bonds is 14. The lowest BCUT2D eigenvalue weighted by molar-refractivity contribution is 0.0509. The molecule has 0 aliphatic rings. The van der Waals surface area contributed by atoms with Gasteiger partial charge in [0.25, 0.3) is 0 Å². The Kier molecular flexibility index (Phi) is 26.5. The standard InChI is InChI=1S/2C10H10O4.4C8H6O4/c2*1-2-14-10(13)8-6-4-3-5-7(8)9(11)12;4*9-7(10)5-3-1-2-4-6(5)8(11)12/h2*3-6H,2H2,1H3,(H,11,12);4*1-4H,(H,9,10)(H,11,12). The van der Waals surface area contributed by atoms with Gasteiger partial charge in [0.2, 0.25) is 0 Å². The van der Waals surface area contributed by atoms with Crippen molar-refractivity contribution in [3.63, 3.8) is 0 Å². The second-order valence-corrected chi connectivity index (χ2v) is 13.8. The van der Waals surface area contributed by atoms with Gasteiger partial charge in [-0.1, -0.05) is 72.8 Å².